The maximum atomic E-state index is 4.97. The molecule has 3 heterocycles. The first-order valence-corrected chi connectivity index (χ1v) is 10.3. The predicted molar refractivity (Wildman–Crippen MR) is 115 cm³/mol. The first-order valence-electron chi connectivity index (χ1n) is 10.3. The molecule has 1 fully saturated rings. The van der Waals surface area contributed by atoms with E-state index < -0.39 is 0 Å². The summed E-state index contributed by atoms with van der Waals surface area (Å²) in [6, 6.07) is 10.4. The smallest absolute Gasteiger partial charge is 0.194 e. The van der Waals surface area contributed by atoms with Gasteiger partial charge in [0, 0.05) is 51.2 Å². The van der Waals surface area contributed by atoms with E-state index in [1.54, 1.807) is 0 Å². The second-order valence-electron chi connectivity index (χ2n) is 7.52. The Morgan fingerprint density at radius 1 is 1.21 bits per heavy atom. The molecule has 4 rings (SSSR count). The topological polar surface area (TPSA) is 63.3 Å². The number of benzene rings is 1. The average Bonchev–Trinajstić information content (AvgIpc) is 3.48. The van der Waals surface area contributed by atoms with Gasteiger partial charge in [0.05, 0.1) is 19.3 Å². The van der Waals surface area contributed by atoms with Gasteiger partial charge in [-0.2, -0.15) is 10.2 Å². The van der Waals surface area contributed by atoms with Crippen molar-refractivity contribution in [1.82, 2.24) is 29.8 Å². The highest BCUT2D eigenvalue weighted by molar-refractivity contribution is 5.80. The molecular formula is C22H29N7. The zero-order chi connectivity index (χ0) is 20.1. The van der Waals surface area contributed by atoms with Crippen molar-refractivity contribution >= 4 is 5.96 Å². The predicted octanol–water partition coefficient (Wildman–Crippen LogP) is 2.62. The molecule has 0 aliphatic carbocycles. The Bertz CT molecular complexity index is 942. The number of hydrogen-bond donors (Lipinski definition) is 1. The van der Waals surface area contributed by atoms with E-state index >= 15 is 0 Å². The van der Waals surface area contributed by atoms with Gasteiger partial charge >= 0.3 is 0 Å². The fourth-order valence-electron chi connectivity index (χ4n) is 3.90. The van der Waals surface area contributed by atoms with Crippen LogP contribution >= 0.6 is 0 Å². The molecule has 0 bridgehead atoms. The molecule has 0 spiro atoms. The summed E-state index contributed by atoms with van der Waals surface area (Å²) < 4.78 is 3.83. The van der Waals surface area contributed by atoms with Crippen LogP contribution in [0.5, 0.6) is 0 Å². The van der Waals surface area contributed by atoms with E-state index in [4.69, 9.17) is 4.99 Å². The number of rotatable bonds is 6. The molecule has 7 heteroatoms. The van der Waals surface area contributed by atoms with Crippen LogP contribution in [0.1, 0.15) is 36.0 Å². The fourth-order valence-corrected chi connectivity index (χ4v) is 3.90. The number of guanidine groups is 1. The number of aromatic nitrogens is 4. The van der Waals surface area contributed by atoms with Crippen molar-refractivity contribution in [2.24, 2.45) is 12.0 Å². The van der Waals surface area contributed by atoms with Crippen LogP contribution in [0.4, 0.5) is 0 Å². The van der Waals surface area contributed by atoms with Crippen molar-refractivity contribution in [1.29, 1.82) is 0 Å². The van der Waals surface area contributed by atoms with Gasteiger partial charge in [0.2, 0.25) is 0 Å². The third-order valence-corrected chi connectivity index (χ3v) is 5.43. The van der Waals surface area contributed by atoms with Crippen LogP contribution in [0.2, 0.25) is 0 Å². The summed E-state index contributed by atoms with van der Waals surface area (Å²) in [5.41, 5.74) is 3.81. The molecular weight excluding hydrogens is 362 g/mol. The van der Waals surface area contributed by atoms with E-state index in [1.165, 1.54) is 16.7 Å². The molecule has 1 aliphatic heterocycles. The Morgan fingerprint density at radius 3 is 2.79 bits per heavy atom. The molecule has 1 aromatic carbocycles. The van der Waals surface area contributed by atoms with Gasteiger partial charge in [0.1, 0.15) is 0 Å². The minimum atomic E-state index is 0.514. The normalized spacial score (nSPS) is 17.1. The van der Waals surface area contributed by atoms with Crippen molar-refractivity contribution in [2.45, 2.75) is 32.4 Å². The van der Waals surface area contributed by atoms with Crippen molar-refractivity contribution in [3.8, 4) is 0 Å². The number of hydrogen-bond acceptors (Lipinski definition) is 3. The zero-order valence-electron chi connectivity index (χ0n) is 17.2. The Morgan fingerprint density at radius 2 is 2.07 bits per heavy atom. The van der Waals surface area contributed by atoms with E-state index in [9.17, 15) is 0 Å². The van der Waals surface area contributed by atoms with Crippen LogP contribution in [0, 0.1) is 0 Å². The SMILES string of the molecule is CCNC(=NCc1ccccc1Cn1cccn1)N1CCC(c2cnn(C)c2)C1. The second-order valence-corrected chi connectivity index (χ2v) is 7.52. The van der Waals surface area contributed by atoms with Crippen LogP contribution in [-0.4, -0.2) is 50.1 Å². The zero-order valence-corrected chi connectivity index (χ0v) is 17.2. The Balaban J connectivity index is 1.47. The highest BCUT2D eigenvalue weighted by Gasteiger charge is 2.26. The lowest BCUT2D eigenvalue weighted by atomic mass is 10.0. The molecule has 1 N–H and O–H groups in total. The number of aliphatic imine (C=N–C) groups is 1. The fraction of sp³-hybridized carbons (Fsp3) is 0.409. The van der Waals surface area contributed by atoms with Crippen molar-refractivity contribution < 1.29 is 0 Å². The average molecular weight is 392 g/mol. The van der Waals surface area contributed by atoms with Gasteiger partial charge in [-0.25, -0.2) is 4.99 Å². The highest BCUT2D eigenvalue weighted by Crippen LogP contribution is 2.26. The summed E-state index contributed by atoms with van der Waals surface area (Å²) in [4.78, 5) is 7.34. The van der Waals surface area contributed by atoms with Gasteiger partial charge in [0.25, 0.3) is 0 Å². The molecule has 1 atom stereocenters. The molecule has 3 aromatic rings. The Kier molecular flexibility index (Phi) is 5.93. The lowest BCUT2D eigenvalue weighted by molar-refractivity contribution is 0.486. The minimum Gasteiger partial charge on any atom is -0.357 e. The van der Waals surface area contributed by atoms with Gasteiger partial charge in [-0.15, -0.1) is 0 Å². The van der Waals surface area contributed by atoms with Gasteiger partial charge in [-0.3, -0.25) is 9.36 Å². The summed E-state index contributed by atoms with van der Waals surface area (Å²) in [6.45, 7) is 6.40. The molecule has 7 nitrogen and oxygen atoms in total. The lowest BCUT2D eigenvalue weighted by Crippen LogP contribution is -2.40. The first-order chi connectivity index (χ1) is 14.2. The largest absolute Gasteiger partial charge is 0.357 e. The summed E-state index contributed by atoms with van der Waals surface area (Å²) in [6.07, 6.45) is 9.06. The van der Waals surface area contributed by atoms with Crippen molar-refractivity contribution in [3.05, 3.63) is 71.8 Å². The highest BCUT2D eigenvalue weighted by atomic mass is 15.3. The van der Waals surface area contributed by atoms with Gasteiger partial charge in [-0.1, -0.05) is 24.3 Å². The number of likely N-dealkylation sites (tertiary alicyclic amines) is 1. The van der Waals surface area contributed by atoms with E-state index in [2.05, 4.69) is 57.8 Å². The van der Waals surface area contributed by atoms with Crippen LogP contribution in [0.25, 0.3) is 0 Å². The van der Waals surface area contributed by atoms with Crippen molar-refractivity contribution in [2.75, 3.05) is 19.6 Å². The van der Waals surface area contributed by atoms with Crippen LogP contribution < -0.4 is 5.32 Å². The maximum Gasteiger partial charge on any atom is 0.194 e. The summed E-state index contributed by atoms with van der Waals surface area (Å²) >= 11 is 0. The third kappa shape index (κ3) is 4.67. The molecule has 1 unspecified atom stereocenters. The molecule has 152 valence electrons. The number of nitrogens with one attached hydrogen (secondary N) is 1. The molecule has 1 aliphatic rings. The summed E-state index contributed by atoms with van der Waals surface area (Å²) in [7, 11) is 1.97. The van der Waals surface area contributed by atoms with Crippen molar-refractivity contribution in [3.63, 3.8) is 0 Å². The summed E-state index contributed by atoms with van der Waals surface area (Å²) in [5, 5.41) is 12.1. The third-order valence-electron chi connectivity index (χ3n) is 5.43. The number of nitrogens with zero attached hydrogens (tertiary/aromatic N) is 6. The molecule has 29 heavy (non-hydrogen) atoms. The minimum absolute atomic E-state index is 0.514. The number of aryl methyl sites for hydroxylation is 1. The van der Waals surface area contributed by atoms with Gasteiger partial charge in [-0.05, 0) is 36.1 Å². The lowest BCUT2D eigenvalue weighted by Gasteiger charge is -2.22. The monoisotopic (exact) mass is 391 g/mol. The van der Waals surface area contributed by atoms with E-state index in [-0.39, 0.29) is 0 Å². The van der Waals surface area contributed by atoms with E-state index in [0.717, 1.165) is 38.6 Å². The summed E-state index contributed by atoms with van der Waals surface area (Å²) in [5.74, 6) is 1.51. The van der Waals surface area contributed by atoms with E-state index in [0.29, 0.717) is 12.5 Å². The Hall–Kier alpha value is -3.09. The molecule has 2 aromatic heterocycles. The van der Waals surface area contributed by atoms with Gasteiger partial charge in [0.15, 0.2) is 5.96 Å². The molecule has 0 amide bonds. The first kappa shape index (κ1) is 19.2. The molecule has 0 saturated carbocycles. The second kappa shape index (κ2) is 8.94. The molecule has 0 radical (unpaired) electrons. The molecule has 1 saturated heterocycles. The Labute approximate surface area is 172 Å². The van der Waals surface area contributed by atoms with Crippen LogP contribution in [0.3, 0.4) is 0 Å². The van der Waals surface area contributed by atoms with E-state index in [1.807, 2.05) is 41.1 Å². The van der Waals surface area contributed by atoms with Crippen LogP contribution in [0.15, 0.2) is 60.1 Å². The standard InChI is InChI=1S/C22H29N7/c1-3-23-22(28-12-9-20(16-28)21-14-26-27(2)15-21)24-13-18-7-4-5-8-19(18)17-29-11-6-10-25-29/h4-8,10-11,14-15,20H,3,9,12-13,16-17H2,1-2H3,(H,23,24). The maximum absolute atomic E-state index is 4.97. The quantitative estimate of drug-likeness (QED) is 0.518. The van der Waals surface area contributed by atoms with Crippen LogP contribution in [-0.2, 0) is 20.1 Å². The van der Waals surface area contributed by atoms with Gasteiger partial charge < -0.3 is 10.2 Å².